The standard InChI is InChI=1S/C12H15F2NO/c13-9-3-1-4-10(14)11(9)12(16)5-2-7-15-8-6-12/h1,3-4,15-16H,2,5-8H2. The SMILES string of the molecule is OC1(c2c(F)cccc2F)CCCNCC1. The molecule has 1 atom stereocenters. The Bertz CT molecular complexity index is 353. The van der Waals surface area contributed by atoms with Crippen LogP contribution in [0.1, 0.15) is 24.8 Å². The van der Waals surface area contributed by atoms with E-state index >= 15 is 0 Å². The summed E-state index contributed by atoms with van der Waals surface area (Å²) in [4.78, 5) is 0. The Balaban J connectivity index is 2.40. The van der Waals surface area contributed by atoms with E-state index in [9.17, 15) is 13.9 Å². The lowest BCUT2D eigenvalue weighted by Crippen LogP contribution is -2.29. The first kappa shape index (κ1) is 11.5. The maximum absolute atomic E-state index is 13.6. The minimum Gasteiger partial charge on any atom is -0.385 e. The average Bonchev–Trinajstić information content (AvgIpc) is 2.43. The molecule has 0 radical (unpaired) electrons. The van der Waals surface area contributed by atoms with Crippen molar-refractivity contribution < 1.29 is 13.9 Å². The topological polar surface area (TPSA) is 32.3 Å². The number of benzene rings is 1. The van der Waals surface area contributed by atoms with Crippen LogP contribution in [-0.2, 0) is 5.60 Å². The molecule has 4 heteroatoms. The van der Waals surface area contributed by atoms with Crippen LogP contribution < -0.4 is 5.32 Å². The molecule has 2 rings (SSSR count). The number of nitrogens with one attached hydrogen (secondary N) is 1. The first-order chi connectivity index (χ1) is 7.63. The van der Waals surface area contributed by atoms with E-state index in [1.807, 2.05) is 0 Å². The van der Waals surface area contributed by atoms with Crippen molar-refractivity contribution in [3.63, 3.8) is 0 Å². The van der Waals surface area contributed by atoms with Crippen LogP contribution in [0.3, 0.4) is 0 Å². The molecule has 2 N–H and O–H groups in total. The molecule has 0 aliphatic carbocycles. The van der Waals surface area contributed by atoms with E-state index in [4.69, 9.17) is 0 Å². The molecule has 16 heavy (non-hydrogen) atoms. The second-order valence-corrected chi connectivity index (χ2v) is 4.23. The molecule has 1 aromatic carbocycles. The van der Waals surface area contributed by atoms with E-state index in [0.717, 1.165) is 6.54 Å². The zero-order valence-corrected chi connectivity index (χ0v) is 8.97. The average molecular weight is 227 g/mol. The molecule has 1 aliphatic heterocycles. The highest BCUT2D eigenvalue weighted by Crippen LogP contribution is 2.34. The van der Waals surface area contributed by atoms with Crippen molar-refractivity contribution in [2.45, 2.75) is 24.9 Å². The molecule has 1 saturated heterocycles. The van der Waals surface area contributed by atoms with Crippen LogP contribution >= 0.6 is 0 Å². The van der Waals surface area contributed by atoms with Gasteiger partial charge in [-0.15, -0.1) is 0 Å². The Kier molecular flexibility index (Phi) is 3.21. The van der Waals surface area contributed by atoms with Gasteiger partial charge in [0.05, 0.1) is 11.2 Å². The minimum absolute atomic E-state index is 0.182. The van der Waals surface area contributed by atoms with E-state index < -0.39 is 17.2 Å². The normalized spacial score (nSPS) is 26.4. The Hall–Kier alpha value is -1.00. The molecule has 0 spiro atoms. The summed E-state index contributed by atoms with van der Waals surface area (Å²) in [5.41, 5.74) is -1.56. The monoisotopic (exact) mass is 227 g/mol. The Labute approximate surface area is 93.3 Å². The highest BCUT2D eigenvalue weighted by molar-refractivity contribution is 5.26. The van der Waals surface area contributed by atoms with Crippen LogP contribution in [0.2, 0.25) is 0 Å². The lowest BCUT2D eigenvalue weighted by Gasteiger charge is -2.27. The number of hydrogen-bond donors (Lipinski definition) is 2. The molecule has 1 unspecified atom stereocenters. The molecular formula is C12H15F2NO. The molecule has 2 nitrogen and oxygen atoms in total. The van der Waals surface area contributed by atoms with Crippen molar-refractivity contribution in [3.8, 4) is 0 Å². The molecule has 1 aromatic rings. The van der Waals surface area contributed by atoms with Crippen LogP contribution in [0.25, 0.3) is 0 Å². The molecule has 1 heterocycles. The summed E-state index contributed by atoms with van der Waals surface area (Å²) in [5.74, 6) is -1.33. The van der Waals surface area contributed by atoms with Crippen LogP contribution in [0.5, 0.6) is 0 Å². The predicted molar refractivity (Wildman–Crippen MR) is 57.0 cm³/mol. The quantitative estimate of drug-likeness (QED) is 0.768. The van der Waals surface area contributed by atoms with Gasteiger partial charge in [-0.3, -0.25) is 0 Å². The molecule has 1 aliphatic rings. The first-order valence-corrected chi connectivity index (χ1v) is 5.51. The highest BCUT2D eigenvalue weighted by Gasteiger charge is 2.35. The number of rotatable bonds is 1. The maximum atomic E-state index is 13.6. The highest BCUT2D eigenvalue weighted by atomic mass is 19.1. The van der Waals surface area contributed by atoms with E-state index in [2.05, 4.69) is 5.32 Å². The first-order valence-electron chi connectivity index (χ1n) is 5.51. The number of halogens is 2. The lowest BCUT2D eigenvalue weighted by atomic mass is 9.86. The van der Waals surface area contributed by atoms with Gasteiger partial charge in [0, 0.05) is 0 Å². The van der Waals surface area contributed by atoms with Gasteiger partial charge in [-0.1, -0.05) is 6.07 Å². The van der Waals surface area contributed by atoms with E-state index in [1.54, 1.807) is 0 Å². The molecule has 0 saturated carbocycles. The Morgan fingerprint density at radius 1 is 1.12 bits per heavy atom. The van der Waals surface area contributed by atoms with Crippen LogP contribution in [-0.4, -0.2) is 18.2 Å². The fraction of sp³-hybridized carbons (Fsp3) is 0.500. The third-order valence-corrected chi connectivity index (χ3v) is 3.09. The molecule has 88 valence electrons. The summed E-state index contributed by atoms with van der Waals surface area (Å²) in [6.45, 7) is 1.35. The zero-order chi connectivity index (χ0) is 11.6. The summed E-state index contributed by atoms with van der Waals surface area (Å²) in [6, 6.07) is 3.69. The van der Waals surface area contributed by atoms with Crippen LogP contribution in [0.4, 0.5) is 8.78 Å². The van der Waals surface area contributed by atoms with Crippen molar-refractivity contribution in [1.29, 1.82) is 0 Å². The maximum Gasteiger partial charge on any atom is 0.132 e. The van der Waals surface area contributed by atoms with Gasteiger partial charge in [0.2, 0.25) is 0 Å². The third kappa shape index (κ3) is 2.08. The van der Waals surface area contributed by atoms with E-state index in [0.29, 0.717) is 25.8 Å². The van der Waals surface area contributed by atoms with Gasteiger partial charge in [-0.05, 0) is 44.5 Å². The van der Waals surface area contributed by atoms with Gasteiger partial charge in [0.25, 0.3) is 0 Å². The Morgan fingerprint density at radius 3 is 2.50 bits per heavy atom. The zero-order valence-electron chi connectivity index (χ0n) is 8.97. The van der Waals surface area contributed by atoms with E-state index in [-0.39, 0.29) is 5.56 Å². The summed E-state index contributed by atoms with van der Waals surface area (Å²) in [7, 11) is 0. The summed E-state index contributed by atoms with van der Waals surface area (Å²) < 4.78 is 27.2. The number of hydrogen-bond acceptors (Lipinski definition) is 2. The van der Waals surface area contributed by atoms with Gasteiger partial charge >= 0.3 is 0 Å². The van der Waals surface area contributed by atoms with Crippen molar-refractivity contribution in [1.82, 2.24) is 5.32 Å². The van der Waals surface area contributed by atoms with Crippen molar-refractivity contribution >= 4 is 0 Å². The van der Waals surface area contributed by atoms with E-state index in [1.165, 1.54) is 18.2 Å². The number of aliphatic hydroxyl groups is 1. The summed E-state index contributed by atoms with van der Waals surface area (Å²) >= 11 is 0. The van der Waals surface area contributed by atoms with Gasteiger partial charge in [0.15, 0.2) is 0 Å². The molecule has 1 fully saturated rings. The van der Waals surface area contributed by atoms with Crippen molar-refractivity contribution in [3.05, 3.63) is 35.4 Å². The summed E-state index contributed by atoms with van der Waals surface area (Å²) in [5, 5.41) is 13.5. The largest absolute Gasteiger partial charge is 0.385 e. The molecular weight excluding hydrogens is 212 g/mol. The molecule has 0 amide bonds. The molecule has 0 bridgehead atoms. The van der Waals surface area contributed by atoms with Gasteiger partial charge in [-0.25, -0.2) is 8.78 Å². The fourth-order valence-electron chi connectivity index (χ4n) is 2.24. The predicted octanol–water partition coefficient (Wildman–Crippen LogP) is 1.93. The second kappa shape index (κ2) is 4.47. The van der Waals surface area contributed by atoms with Crippen LogP contribution in [0.15, 0.2) is 18.2 Å². The smallest absolute Gasteiger partial charge is 0.132 e. The van der Waals surface area contributed by atoms with Gasteiger partial charge < -0.3 is 10.4 Å². The van der Waals surface area contributed by atoms with Gasteiger partial charge in [-0.2, -0.15) is 0 Å². The molecule has 0 aromatic heterocycles. The van der Waals surface area contributed by atoms with Crippen molar-refractivity contribution in [2.75, 3.05) is 13.1 Å². The Morgan fingerprint density at radius 2 is 1.81 bits per heavy atom. The lowest BCUT2D eigenvalue weighted by molar-refractivity contribution is 0.0169. The fourth-order valence-corrected chi connectivity index (χ4v) is 2.24. The minimum atomic E-state index is -1.38. The third-order valence-electron chi connectivity index (χ3n) is 3.09. The summed E-state index contributed by atoms with van der Waals surface area (Å²) in [6.07, 6.45) is 1.44. The van der Waals surface area contributed by atoms with Crippen LogP contribution in [0, 0.1) is 11.6 Å². The second-order valence-electron chi connectivity index (χ2n) is 4.23. The van der Waals surface area contributed by atoms with Crippen molar-refractivity contribution in [2.24, 2.45) is 0 Å². The van der Waals surface area contributed by atoms with Gasteiger partial charge in [0.1, 0.15) is 11.6 Å².